The molecule has 2 bridgehead atoms. The fourth-order valence-corrected chi connectivity index (χ4v) is 3.99. The van der Waals surface area contributed by atoms with Gasteiger partial charge < -0.3 is 4.74 Å². The Labute approximate surface area is 140 Å². The second-order valence-corrected chi connectivity index (χ2v) is 6.77. The van der Waals surface area contributed by atoms with Crippen LogP contribution in [-0.4, -0.2) is 45.4 Å². The standard InChI is InChI=1S/C19H20N4O/c1-2-4-16-14(3-1)9-12-23(16)18-5-6-19(21-20-18)24-17-13-22-10-7-15(17)8-11-22/h1-6,9,12,15,17H,7-8,10-11,13H2/t17-/m0/s1. The Morgan fingerprint density at radius 2 is 1.83 bits per heavy atom. The predicted octanol–water partition coefficient (Wildman–Crippen LogP) is 2.89. The minimum atomic E-state index is 0.264. The second kappa shape index (κ2) is 5.60. The molecule has 5 heteroatoms. The molecule has 1 aromatic carbocycles. The molecule has 0 spiro atoms. The number of ether oxygens (including phenoxy) is 1. The zero-order valence-electron chi connectivity index (χ0n) is 13.5. The maximum Gasteiger partial charge on any atom is 0.233 e. The highest BCUT2D eigenvalue weighted by Crippen LogP contribution is 2.30. The molecule has 0 radical (unpaired) electrons. The van der Waals surface area contributed by atoms with E-state index in [0.717, 1.165) is 17.9 Å². The fourth-order valence-electron chi connectivity index (χ4n) is 3.99. The van der Waals surface area contributed by atoms with Crippen LogP contribution in [0.2, 0.25) is 0 Å². The molecule has 3 saturated heterocycles. The molecule has 3 aliphatic heterocycles. The summed E-state index contributed by atoms with van der Waals surface area (Å²) in [4.78, 5) is 2.48. The molecule has 5 heterocycles. The van der Waals surface area contributed by atoms with E-state index in [1.807, 2.05) is 30.5 Å². The van der Waals surface area contributed by atoms with Gasteiger partial charge in [-0.05, 0) is 55.4 Å². The highest BCUT2D eigenvalue weighted by atomic mass is 16.5. The third-order valence-electron chi connectivity index (χ3n) is 5.34. The Hall–Kier alpha value is -2.40. The lowest BCUT2D eigenvalue weighted by Gasteiger charge is -2.44. The number of benzene rings is 1. The number of hydrogen-bond acceptors (Lipinski definition) is 4. The van der Waals surface area contributed by atoms with Gasteiger partial charge in [-0.25, -0.2) is 0 Å². The quantitative estimate of drug-likeness (QED) is 0.744. The molecule has 1 atom stereocenters. The molecule has 2 aromatic heterocycles. The van der Waals surface area contributed by atoms with Crippen LogP contribution in [0.25, 0.3) is 16.7 Å². The van der Waals surface area contributed by atoms with E-state index in [2.05, 4.69) is 37.9 Å². The number of nitrogens with zero attached hydrogens (tertiary/aromatic N) is 4. The van der Waals surface area contributed by atoms with Gasteiger partial charge in [0.1, 0.15) is 6.10 Å². The van der Waals surface area contributed by atoms with Crippen molar-refractivity contribution in [3.63, 3.8) is 0 Å². The molecule has 0 aliphatic carbocycles. The molecule has 6 rings (SSSR count). The molecular weight excluding hydrogens is 300 g/mol. The third-order valence-corrected chi connectivity index (χ3v) is 5.34. The van der Waals surface area contributed by atoms with Crippen molar-refractivity contribution in [3.8, 4) is 11.7 Å². The number of para-hydroxylation sites is 1. The van der Waals surface area contributed by atoms with Crippen LogP contribution in [0.1, 0.15) is 12.8 Å². The molecule has 3 aromatic rings. The summed E-state index contributed by atoms with van der Waals surface area (Å²) in [7, 11) is 0. The van der Waals surface area contributed by atoms with Gasteiger partial charge in [0.2, 0.25) is 5.88 Å². The van der Waals surface area contributed by atoms with Crippen molar-refractivity contribution >= 4 is 10.9 Å². The van der Waals surface area contributed by atoms with Gasteiger partial charge in [-0.3, -0.25) is 9.47 Å². The van der Waals surface area contributed by atoms with Crippen molar-refractivity contribution in [1.29, 1.82) is 0 Å². The number of rotatable bonds is 3. The molecule has 3 aliphatic rings. The molecule has 122 valence electrons. The van der Waals surface area contributed by atoms with E-state index in [4.69, 9.17) is 4.74 Å². The van der Waals surface area contributed by atoms with Gasteiger partial charge in [0, 0.05) is 18.8 Å². The molecular formula is C19H20N4O. The van der Waals surface area contributed by atoms with E-state index in [1.54, 1.807) is 0 Å². The summed E-state index contributed by atoms with van der Waals surface area (Å²) in [5.41, 5.74) is 1.14. The maximum atomic E-state index is 6.12. The lowest BCUT2D eigenvalue weighted by Crippen LogP contribution is -2.52. The van der Waals surface area contributed by atoms with Crippen molar-refractivity contribution in [2.45, 2.75) is 18.9 Å². The zero-order valence-corrected chi connectivity index (χ0v) is 13.5. The average Bonchev–Trinajstić information content (AvgIpc) is 3.08. The molecule has 24 heavy (non-hydrogen) atoms. The molecule has 0 amide bonds. The van der Waals surface area contributed by atoms with Gasteiger partial charge in [-0.15, -0.1) is 10.2 Å². The van der Waals surface area contributed by atoms with Crippen LogP contribution in [0.3, 0.4) is 0 Å². The van der Waals surface area contributed by atoms with Gasteiger partial charge in [-0.2, -0.15) is 0 Å². The van der Waals surface area contributed by atoms with E-state index in [-0.39, 0.29) is 6.10 Å². The van der Waals surface area contributed by atoms with Crippen LogP contribution in [0.5, 0.6) is 5.88 Å². The summed E-state index contributed by atoms with van der Waals surface area (Å²) in [5.74, 6) is 2.12. The van der Waals surface area contributed by atoms with E-state index >= 15 is 0 Å². The summed E-state index contributed by atoms with van der Waals surface area (Å²) >= 11 is 0. The lowest BCUT2D eigenvalue weighted by atomic mass is 9.86. The SMILES string of the molecule is c1ccc2c(c1)ccn2-c1ccc(O[C@H]2CN3CCC2CC3)nn1. The van der Waals surface area contributed by atoms with Crippen molar-refractivity contribution in [2.75, 3.05) is 19.6 Å². The third kappa shape index (κ3) is 2.36. The Balaban J connectivity index is 1.37. The van der Waals surface area contributed by atoms with Crippen LogP contribution in [-0.2, 0) is 0 Å². The highest BCUT2D eigenvalue weighted by molar-refractivity contribution is 5.81. The largest absolute Gasteiger partial charge is 0.472 e. The Morgan fingerprint density at radius 3 is 2.58 bits per heavy atom. The smallest absolute Gasteiger partial charge is 0.233 e. The number of aromatic nitrogens is 3. The Morgan fingerprint density at radius 1 is 0.958 bits per heavy atom. The average molecular weight is 320 g/mol. The number of piperidine rings is 3. The summed E-state index contributed by atoms with van der Waals surface area (Å²) in [6.07, 6.45) is 4.78. The van der Waals surface area contributed by atoms with Crippen LogP contribution in [0, 0.1) is 5.92 Å². The van der Waals surface area contributed by atoms with Gasteiger partial charge in [0.15, 0.2) is 5.82 Å². The number of fused-ring (bicyclic) bond motifs is 4. The van der Waals surface area contributed by atoms with Crippen LogP contribution < -0.4 is 4.74 Å². The van der Waals surface area contributed by atoms with Gasteiger partial charge in [-0.1, -0.05) is 18.2 Å². The zero-order chi connectivity index (χ0) is 15.9. The molecule has 0 saturated carbocycles. The predicted molar refractivity (Wildman–Crippen MR) is 92.4 cm³/mol. The maximum absolute atomic E-state index is 6.12. The molecule has 3 fully saturated rings. The minimum Gasteiger partial charge on any atom is -0.472 e. The Bertz CT molecular complexity index is 849. The minimum absolute atomic E-state index is 0.264. The van der Waals surface area contributed by atoms with Crippen LogP contribution in [0.15, 0.2) is 48.7 Å². The van der Waals surface area contributed by atoms with Crippen LogP contribution >= 0.6 is 0 Å². The fraction of sp³-hybridized carbons (Fsp3) is 0.368. The first-order chi connectivity index (χ1) is 11.9. The van der Waals surface area contributed by atoms with Crippen molar-refractivity contribution < 1.29 is 4.74 Å². The number of hydrogen-bond donors (Lipinski definition) is 0. The van der Waals surface area contributed by atoms with Gasteiger partial charge >= 0.3 is 0 Å². The summed E-state index contributed by atoms with van der Waals surface area (Å²) < 4.78 is 8.18. The lowest BCUT2D eigenvalue weighted by molar-refractivity contribution is -0.0104. The highest BCUT2D eigenvalue weighted by Gasteiger charge is 2.35. The molecule has 0 N–H and O–H groups in total. The van der Waals surface area contributed by atoms with E-state index in [0.29, 0.717) is 11.8 Å². The first-order valence-corrected chi connectivity index (χ1v) is 8.66. The van der Waals surface area contributed by atoms with Crippen molar-refractivity contribution in [2.24, 2.45) is 5.92 Å². The summed E-state index contributed by atoms with van der Waals surface area (Å²) in [6.45, 7) is 3.46. The molecule has 0 unspecified atom stereocenters. The van der Waals surface area contributed by atoms with E-state index < -0.39 is 0 Å². The van der Waals surface area contributed by atoms with Crippen LogP contribution in [0.4, 0.5) is 0 Å². The van der Waals surface area contributed by atoms with Crippen molar-refractivity contribution in [3.05, 3.63) is 48.7 Å². The van der Waals surface area contributed by atoms with Gasteiger partial charge in [0.25, 0.3) is 0 Å². The summed E-state index contributed by atoms with van der Waals surface area (Å²) in [6, 6.07) is 14.3. The normalized spacial score (nSPS) is 25.9. The van der Waals surface area contributed by atoms with Gasteiger partial charge in [0.05, 0.1) is 5.52 Å². The molecule has 5 nitrogen and oxygen atoms in total. The first kappa shape index (κ1) is 14.0. The second-order valence-electron chi connectivity index (χ2n) is 6.77. The topological polar surface area (TPSA) is 43.2 Å². The van der Waals surface area contributed by atoms with E-state index in [9.17, 15) is 0 Å². The first-order valence-electron chi connectivity index (χ1n) is 8.66. The Kier molecular flexibility index (Phi) is 3.26. The summed E-state index contributed by atoms with van der Waals surface area (Å²) in [5, 5.41) is 9.88. The van der Waals surface area contributed by atoms with E-state index in [1.165, 1.54) is 31.3 Å². The van der Waals surface area contributed by atoms with Crippen molar-refractivity contribution in [1.82, 2.24) is 19.7 Å². The monoisotopic (exact) mass is 320 g/mol.